The van der Waals surface area contributed by atoms with Gasteiger partial charge in [-0.25, -0.2) is 12.8 Å². The van der Waals surface area contributed by atoms with Gasteiger partial charge >= 0.3 is 0 Å². The number of hydrogen-bond donors (Lipinski definition) is 2. The molecule has 0 radical (unpaired) electrons. The Balaban J connectivity index is 0.00000450. The van der Waals surface area contributed by atoms with Crippen molar-refractivity contribution in [3.63, 3.8) is 0 Å². The second-order valence-corrected chi connectivity index (χ2v) is 9.64. The van der Waals surface area contributed by atoms with Gasteiger partial charge in [0.15, 0.2) is 15.8 Å². The molecule has 0 aliphatic carbocycles. The zero-order chi connectivity index (χ0) is 21.6. The number of nitrogens with one attached hydrogen (secondary N) is 2. The molecule has 1 heterocycles. The summed E-state index contributed by atoms with van der Waals surface area (Å²) in [4.78, 5) is 4.19. The van der Waals surface area contributed by atoms with E-state index < -0.39 is 15.7 Å². The summed E-state index contributed by atoms with van der Waals surface area (Å²) in [6, 6.07) is 6.19. The van der Waals surface area contributed by atoms with Crippen molar-refractivity contribution in [2.45, 2.75) is 39.6 Å². The molecule has 2 rings (SSSR count). The Morgan fingerprint density at radius 2 is 1.93 bits per heavy atom. The number of rotatable bonds is 8. The van der Waals surface area contributed by atoms with E-state index in [2.05, 4.69) is 27.6 Å². The van der Waals surface area contributed by atoms with E-state index in [9.17, 15) is 12.8 Å². The fourth-order valence-corrected chi connectivity index (χ4v) is 3.92. The van der Waals surface area contributed by atoms with E-state index >= 15 is 0 Å². The van der Waals surface area contributed by atoms with Gasteiger partial charge in [-0.1, -0.05) is 13.0 Å². The highest BCUT2D eigenvalue weighted by atomic mass is 127. The molecule has 1 aromatic heterocycles. The molecule has 1 unspecified atom stereocenters. The van der Waals surface area contributed by atoms with Crippen molar-refractivity contribution < 1.29 is 12.8 Å². The Bertz CT molecular complexity index is 976. The van der Waals surface area contributed by atoms with E-state index in [1.807, 2.05) is 24.6 Å². The summed E-state index contributed by atoms with van der Waals surface area (Å²) in [5, 5.41) is 10.9. The number of benzene rings is 1. The van der Waals surface area contributed by atoms with Crippen LogP contribution in [0.25, 0.3) is 0 Å². The van der Waals surface area contributed by atoms with E-state index in [4.69, 9.17) is 0 Å². The number of aliphatic imine (C=N–C) groups is 1. The monoisotopic (exact) mass is 551 g/mol. The largest absolute Gasteiger partial charge is 0.356 e. The number of hydrogen-bond acceptors (Lipinski definition) is 4. The molecule has 0 aliphatic rings. The van der Waals surface area contributed by atoms with Crippen molar-refractivity contribution in [3.8, 4) is 0 Å². The molecule has 10 heteroatoms. The molecule has 0 saturated heterocycles. The highest BCUT2D eigenvalue weighted by molar-refractivity contribution is 14.0. The van der Waals surface area contributed by atoms with Crippen molar-refractivity contribution in [1.29, 1.82) is 0 Å². The predicted molar refractivity (Wildman–Crippen MR) is 129 cm³/mol. The molecule has 0 spiro atoms. The molecule has 168 valence electrons. The minimum atomic E-state index is -3.21. The van der Waals surface area contributed by atoms with Crippen molar-refractivity contribution >= 4 is 39.8 Å². The van der Waals surface area contributed by atoms with Crippen LogP contribution >= 0.6 is 24.0 Å². The lowest BCUT2D eigenvalue weighted by molar-refractivity contribution is 0.436. The molecule has 30 heavy (non-hydrogen) atoms. The van der Waals surface area contributed by atoms with Gasteiger partial charge in [0.25, 0.3) is 0 Å². The molecule has 1 aromatic carbocycles. The van der Waals surface area contributed by atoms with Gasteiger partial charge in [-0.05, 0) is 49.1 Å². The highest BCUT2D eigenvalue weighted by Crippen LogP contribution is 2.14. The van der Waals surface area contributed by atoms with Crippen LogP contribution < -0.4 is 10.6 Å². The Morgan fingerprint density at radius 3 is 2.50 bits per heavy atom. The fourth-order valence-electron chi connectivity index (χ4n) is 3.07. The summed E-state index contributed by atoms with van der Waals surface area (Å²) in [5.41, 5.74) is 3.30. The first-order valence-electron chi connectivity index (χ1n) is 9.48. The molecular formula is C20H31FIN5O2S. The highest BCUT2D eigenvalue weighted by Gasteiger charge is 2.12. The zero-order valence-electron chi connectivity index (χ0n) is 18.1. The van der Waals surface area contributed by atoms with Gasteiger partial charge in [0.05, 0.1) is 11.4 Å². The number of aromatic nitrogens is 2. The lowest BCUT2D eigenvalue weighted by Crippen LogP contribution is -2.39. The number of nitrogens with zero attached hydrogens (tertiary/aromatic N) is 3. The summed E-state index contributed by atoms with van der Waals surface area (Å²) in [5.74, 6) is 0.345. The van der Waals surface area contributed by atoms with E-state index in [0.717, 1.165) is 24.2 Å². The maximum absolute atomic E-state index is 13.7. The zero-order valence-corrected chi connectivity index (χ0v) is 21.2. The van der Waals surface area contributed by atoms with Gasteiger partial charge in [-0.2, -0.15) is 5.10 Å². The smallest absolute Gasteiger partial charge is 0.191 e. The van der Waals surface area contributed by atoms with Crippen LogP contribution in [0.1, 0.15) is 29.4 Å². The predicted octanol–water partition coefficient (Wildman–Crippen LogP) is 2.80. The molecule has 0 fully saturated rings. The summed E-state index contributed by atoms with van der Waals surface area (Å²) in [7, 11) is -1.56. The van der Waals surface area contributed by atoms with Crippen LogP contribution in [-0.2, 0) is 28.7 Å². The van der Waals surface area contributed by atoms with Crippen molar-refractivity contribution in [2.75, 3.05) is 19.8 Å². The first kappa shape index (κ1) is 26.3. The average Bonchev–Trinajstić information content (AvgIpc) is 2.93. The van der Waals surface area contributed by atoms with Crippen LogP contribution in [0.5, 0.6) is 0 Å². The second kappa shape index (κ2) is 11.6. The van der Waals surface area contributed by atoms with Gasteiger partial charge in [-0.3, -0.25) is 9.67 Å². The summed E-state index contributed by atoms with van der Waals surface area (Å²) >= 11 is 0. The summed E-state index contributed by atoms with van der Waals surface area (Å²) in [6.45, 7) is 7.86. The third-order valence-electron chi connectivity index (χ3n) is 4.46. The van der Waals surface area contributed by atoms with E-state index in [1.54, 1.807) is 7.05 Å². The Hall–Kier alpha value is -1.69. The summed E-state index contributed by atoms with van der Waals surface area (Å²) < 4.78 is 38.9. The van der Waals surface area contributed by atoms with Crippen molar-refractivity contribution in [2.24, 2.45) is 10.9 Å². The minimum absolute atomic E-state index is 0. The standard InChI is InChI=1S/C20H30FN5O2S.HI/c1-14(12-26-16(3)8-15(2)25-26)10-23-20(22-4)24-11-18-9-19(21)7-6-17(18)13-29(5,27)28;/h6-9,14H,10-13H2,1-5H3,(H2,22,23,24);1H. The lowest BCUT2D eigenvalue weighted by Gasteiger charge is -2.17. The van der Waals surface area contributed by atoms with E-state index in [0.29, 0.717) is 29.5 Å². The van der Waals surface area contributed by atoms with Gasteiger partial charge in [0.1, 0.15) is 5.82 Å². The van der Waals surface area contributed by atoms with Crippen LogP contribution in [0.15, 0.2) is 29.3 Å². The Morgan fingerprint density at radius 1 is 1.23 bits per heavy atom. The molecule has 2 aromatic rings. The molecule has 0 saturated carbocycles. The molecule has 0 amide bonds. The van der Waals surface area contributed by atoms with Gasteiger partial charge in [0.2, 0.25) is 0 Å². The quantitative estimate of drug-likeness (QED) is 0.300. The lowest BCUT2D eigenvalue weighted by atomic mass is 10.1. The van der Waals surface area contributed by atoms with E-state index in [1.165, 1.54) is 18.2 Å². The van der Waals surface area contributed by atoms with Gasteiger partial charge in [0, 0.05) is 38.6 Å². The topological polar surface area (TPSA) is 88.4 Å². The third-order valence-corrected chi connectivity index (χ3v) is 5.30. The molecule has 7 nitrogen and oxygen atoms in total. The van der Waals surface area contributed by atoms with Crippen molar-refractivity contribution in [1.82, 2.24) is 20.4 Å². The van der Waals surface area contributed by atoms with Gasteiger partial charge in [-0.15, -0.1) is 24.0 Å². The maximum Gasteiger partial charge on any atom is 0.191 e. The first-order chi connectivity index (χ1) is 13.6. The Kier molecular flexibility index (Phi) is 10.2. The number of aryl methyl sites for hydroxylation is 2. The van der Waals surface area contributed by atoms with E-state index in [-0.39, 0.29) is 36.3 Å². The normalized spacial score (nSPS) is 12.9. The SMILES string of the molecule is CN=C(NCc1cc(F)ccc1CS(C)(=O)=O)NCC(C)Cn1nc(C)cc1C.I. The summed E-state index contributed by atoms with van der Waals surface area (Å²) in [6.07, 6.45) is 1.16. The Labute approximate surface area is 195 Å². The number of halogens is 2. The molecule has 0 aliphatic heterocycles. The van der Waals surface area contributed by atoms with Crippen molar-refractivity contribution in [3.05, 3.63) is 52.6 Å². The minimum Gasteiger partial charge on any atom is -0.356 e. The number of guanidine groups is 1. The second-order valence-electron chi connectivity index (χ2n) is 7.50. The van der Waals surface area contributed by atoms with Crippen LogP contribution in [-0.4, -0.2) is 44.0 Å². The van der Waals surface area contributed by atoms with Crippen LogP contribution in [0, 0.1) is 25.6 Å². The maximum atomic E-state index is 13.7. The average molecular weight is 551 g/mol. The van der Waals surface area contributed by atoms with Crippen LogP contribution in [0.4, 0.5) is 4.39 Å². The van der Waals surface area contributed by atoms with Crippen LogP contribution in [0.3, 0.4) is 0 Å². The fraction of sp³-hybridized carbons (Fsp3) is 0.500. The molecule has 0 bridgehead atoms. The first-order valence-corrected chi connectivity index (χ1v) is 11.5. The number of sulfone groups is 1. The molecule has 1 atom stereocenters. The third kappa shape index (κ3) is 8.58. The molecule has 2 N–H and O–H groups in total. The van der Waals surface area contributed by atoms with Gasteiger partial charge < -0.3 is 10.6 Å². The van der Waals surface area contributed by atoms with Crippen LogP contribution in [0.2, 0.25) is 0 Å². The molecular weight excluding hydrogens is 520 g/mol.